The smallest absolute Gasteiger partial charge is 0.122 e. The van der Waals surface area contributed by atoms with Gasteiger partial charge in [-0.2, -0.15) is 0 Å². The van der Waals surface area contributed by atoms with Crippen molar-refractivity contribution < 1.29 is 0 Å². The van der Waals surface area contributed by atoms with Crippen LogP contribution in [0.4, 0.5) is 0 Å². The summed E-state index contributed by atoms with van der Waals surface area (Å²) < 4.78 is 0. The highest BCUT2D eigenvalue weighted by Gasteiger charge is 2.05. The number of H-pyrrole nitrogens is 1. The van der Waals surface area contributed by atoms with Crippen molar-refractivity contribution in [3.05, 3.63) is 59.7 Å². The van der Waals surface area contributed by atoms with E-state index >= 15 is 0 Å². The fourth-order valence-corrected chi connectivity index (χ4v) is 2.35. The molecule has 0 aliphatic heterocycles. The second-order valence-corrected chi connectivity index (χ2v) is 4.91. The van der Waals surface area contributed by atoms with Crippen molar-refractivity contribution >= 4 is 23.0 Å². The average Bonchev–Trinajstić information content (AvgIpc) is 2.91. The number of aromatic nitrogens is 1. The normalized spacial score (nSPS) is 11.3. The summed E-state index contributed by atoms with van der Waals surface area (Å²) in [6, 6.07) is 16.0. The number of aliphatic imine (C=N–C) groups is 1. The van der Waals surface area contributed by atoms with Crippen LogP contribution >= 0.6 is 0 Å². The molecule has 1 heterocycles. The Morgan fingerprint density at radius 1 is 1.14 bits per heavy atom. The van der Waals surface area contributed by atoms with Crippen molar-refractivity contribution in [2.75, 3.05) is 7.05 Å². The monoisotopic (exact) mass is 276 g/mol. The minimum absolute atomic E-state index is 0.0799. The molecular formula is C17H16N4. The topological polar surface area (TPSA) is 78.0 Å². The molecule has 0 unspecified atom stereocenters. The van der Waals surface area contributed by atoms with E-state index in [1.807, 2.05) is 36.5 Å². The van der Waals surface area contributed by atoms with Gasteiger partial charge in [0.05, 0.1) is 0 Å². The predicted octanol–water partition coefficient (Wildman–Crippen LogP) is 3.17. The van der Waals surface area contributed by atoms with Gasteiger partial charge >= 0.3 is 0 Å². The largest absolute Gasteiger partial charge is 0.384 e. The zero-order valence-electron chi connectivity index (χ0n) is 11.7. The summed E-state index contributed by atoms with van der Waals surface area (Å²) in [6.45, 7) is 0. The van der Waals surface area contributed by atoms with Crippen molar-refractivity contribution in [3.8, 4) is 11.3 Å². The molecule has 1 aromatic heterocycles. The molecule has 0 saturated carbocycles. The maximum atomic E-state index is 7.50. The number of nitrogens with two attached hydrogens (primary N) is 1. The molecule has 3 rings (SSSR count). The van der Waals surface area contributed by atoms with E-state index in [1.165, 1.54) is 0 Å². The van der Waals surface area contributed by atoms with Crippen LogP contribution in [0.5, 0.6) is 0 Å². The maximum absolute atomic E-state index is 7.50. The number of benzene rings is 2. The summed E-state index contributed by atoms with van der Waals surface area (Å²) in [5.74, 6) is 0.0799. The third kappa shape index (κ3) is 2.56. The zero-order chi connectivity index (χ0) is 14.8. The number of hydrogen-bond donors (Lipinski definition) is 3. The zero-order valence-corrected chi connectivity index (χ0v) is 11.7. The van der Waals surface area contributed by atoms with Gasteiger partial charge in [-0.1, -0.05) is 36.4 Å². The molecule has 2 aromatic carbocycles. The van der Waals surface area contributed by atoms with Crippen LogP contribution in [0, 0.1) is 5.41 Å². The standard InChI is InChI=1S/C17H16N4/c1-20-10-11-2-4-12(5-3-11)15-8-13-6-7-14(17(18)19)9-16(13)21-15/h2-10,21H,1H3,(H3,18,19). The van der Waals surface area contributed by atoms with Gasteiger partial charge in [-0.3, -0.25) is 10.4 Å². The van der Waals surface area contributed by atoms with Crippen molar-refractivity contribution in [2.45, 2.75) is 0 Å². The molecule has 0 atom stereocenters. The Bertz CT molecular complexity index is 826. The SMILES string of the molecule is CN=Cc1ccc(-c2cc3ccc(C(=N)N)cc3[nH]2)cc1. The summed E-state index contributed by atoms with van der Waals surface area (Å²) >= 11 is 0. The maximum Gasteiger partial charge on any atom is 0.122 e. The quantitative estimate of drug-likeness (QED) is 0.498. The van der Waals surface area contributed by atoms with Gasteiger partial charge in [-0.15, -0.1) is 0 Å². The molecule has 0 amide bonds. The third-order valence-electron chi connectivity index (χ3n) is 3.43. The molecule has 0 bridgehead atoms. The predicted molar refractivity (Wildman–Crippen MR) is 88.3 cm³/mol. The van der Waals surface area contributed by atoms with E-state index in [2.05, 4.69) is 28.2 Å². The molecule has 4 nitrogen and oxygen atoms in total. The molecule has 4 N–H and O–H groups in total. The lowest BCUT2D eigenvalue weighted by Crippen LogP contribution is -2.10. The highest BCUT2D eigenvalue weighted by molar-refractivity contribution is 5.99. The molecule has 0 saturated heterocycles. The Morgan fingerprint density at radius 3 is 2.57 bits per heavy atom. The van der Waals surface area contributed by atoms with E-state index in [1.54, 1.807) is 7.05 Å². The lowest BCUT2D eigenvalue weighted by Gasteiger charge is -1.99. The van der Waals surface area contributed by atoms with Gasteiger partial charge in [-0.05, 0) is 23.3 Å². The Balaban J connectivity index is 2.02. The van der Waals surface area contributed by atoms with Gasteiger partial charge in [0.1, 0.15) is 5.84 Å². The molecule has 4 heteroatoms. The third-order valence-corrected chi connectivity index (χ3v) is 3.43. The first kappa shape index (κ1) is 13.1. The highest BCUT2D eigenvalue weighted by atomic mass is 14.7. The van der Waals surface area contributed by atoms with Gasteiger partial charge < -0.3 is 10.7 Å². The van der Waals surface area contributed by atoms with Crippen molar-refractivity contribution in [1.82, 2.24) is 4.98 Å². The number of fused-ring (bicyclic) bond motifs is 1. The number of nitrogens with one attached hydrogen (secondary N) is 2. The van der Waals surface area contributed by atoms with Crippen molar-refractivity contribution in [1.29, 1.82) is 5.41 Å². The first-order valence-electron chi connectivity index (χ1n) is 6.67. The second-order valence-electron chi connectivity index (χ2n) is 4.91. The van der Waals surface area contributed by atoms with Gasteiger partial charge in [0.15, 0.2) is 0 Å². The summed E-state index contributed by atoms with van der Waals surface area (Å²) in [4.78, 5) is 7.38. The van der Waals surface area contributed by atoms with Crippen LogP contribution in [0.2, 0.25) is 0 Å². The number of nitrogens with zero attached hydrogens (tertiary/aromatic N) is 1. The van der Waals surface area contributed by atoms with Gasteiger partial charge in [0, 0.05) is 35.4 Å². The van der Waals surface area contributed by atoms with Crippen LogP contribution in [-0.2, 0) is 0 Å². The van der Waals surface area contributed by atoms with Crippen molar-refractivity contribution in [2.24, 2.45) is 10.7 Å². The fraction of sp³-hybridized carbons (Fsp3) is 0.0588. The van der Waals surface area contributed by atoms with Crippen LogP contribution in [0.15, 0.2) is 53.5 Å². The summed E-state index contributed by atoms with van der Waals surface area (Å²) in [5, 5.41) is 8.60. The lowest BCUT2D eigenvalue weighted by atomic mass is 10.1. The lowest BCUT2D eigenvalue weighted by molar-refractivity contribution is 1.41. The van der Waals surface area contributed by atoms with Gasteiger partial charge in [0.25, 0.3) is 0 Å². The van der Waals surface area contributed by atoms with Gasteiger partial charge in [0.2, 0.25) is 0 Å². The highest BCUT2D eigenvalue weighted by Crippen LogP contribution is 2.25. The van der Waals surface area contributed by atoms with E-state index in [-0.39, 0.29) is 5.84 Å². The van der Waals surface area contributed by atoms with Crippen LogP contribution in [0.3, 0.4) is 0 Å². The summed E-state index contributed by atoms with van der Waals surface area (Å²) in [5.41, 5.74) is 10.5. The Kier molecular flexibility index (Phi) is 3.28. The number of amidine groups is 1. The molecular weight excluding hydrogens is 260 g/mol. The second kappa shape index (κ2) is 5.25. The number of hydrogen-bond acceptors (Lipinski definition) is 2. The van der Waals surface area contributed by atoms with Gasteiger partial charge in [-0.25, -0.2) is 0 Å². The molecule has 104 valence electrons. The molecule has 0 spiro atoms. The number of nitrogen functional groups attached to an aromatic ring is 1. The van der Waals surface area contributed by atoms with Crippen molar-refractivity contribution in [3.63, 3.8) is 0 Å². The van der Waals surface area contributed by atoms with Crippen LogP contribution in [0.25, 0.3) is 22.2 Å². The first-order valence-corrected chi connectivity index (χ1v) is 6.67. The Hall–Kier alpha value is -2.88. The molecule has 3 aromatic rings. The molecule has 0 aliphatic rings. The van der Waals surface area contributed by atoms with Crippen LogP contribution < -0.4 is 5.73 Å². The molecule has 0 radical (unpaired) electrons. The minimum atomic E-state index is 0.0799. The number of aromatic amines is 1. The van der Waals surface area contributed by atoms with E-state index < -0.39 is 0 Å². The van der Waals surface area contributed by atoms with E-state index in [4.69, 9.17) is 11.1 Å². The minimum Gasteiger partial charge on any atom is -0.384 e. The average molecular weight is 276 g/mol. The van der Waals surface area contributed by atoms with E-state index in [9.17, 15) is 0 Å². The van der Waals surface area contributed by atoms with E-state index in [0.29, 0.717) is 0 Å². The number of rotatable bonds is 3. The molecule has 0 fully saturated rings. The summed E-state index contributed by atoms with van der Waals surface area (Å²) in [7, 11) is 1.76. The first-order chi connectivity index (χ1) is 10.2. The van der Waals surface area contributed by atoms with Crippen LogP contribution in [-0.4, -0.2) is 24.1 Å². The summed E-state index contributed by atoms with van der Waals surface area (Å²) in [6.07, 6.45) is 1.83. The van der Waals surface area contributed by atoms with Crippen LogP contribution in [0.1, 0.15) is 11.1 Å². The molecule has 21 heavy (non-hydrogen) atoms. The fourth-order valence-electron chi connectivity index (χ4n) is 2.35. The molecule has 0 aliphatic carbocycles. The van der Waals surface area contributed by atoms with E-state index in [0.717, 1.165) is 33.3 Å². The Labute approximate surface area is 122 Å². The Morgan fingerprint density at radius 2 is 1.90 bits per heavy atom.